The molecule has 86 valence electrons. The van der Waals surface area contributed by atoms with E-state index >= 15 is 0 Å². The van der Waals surface area contributed by atoms with Gasteiger partial charge in [-0.05, 0) is 0 Å². The molecule has 11 heteroatoms. The predicted octanol–water partition coefficient (Wildman–Crippen LogP) is 1.03. The van der Waals surface area contributed by atoms with Crippen molar-refractivity contribution >= 4 is 43.2 Å². The minimum Gasteiger partial charge on any atom is -0.281 e. The van der Waals surface area contributed by atoms with Crippen LogP contribution in [0.1, 0.15) is 0 Å². The van der Waals surface area contributed by atoms with Gasteiger partial charge < -0.3 is 0 Å². The van der Waals surface area contributed by atoms with E-state index in [0.717, 1.165) is 0 Å². The molecule has 0 bridgehead atoms. The van der Waals surface area contributed by atoms with Gasteiger partial charge in [0.15, 0.2) is 14.2 Å². The molecule has 15 heavy (non-hydrogen) atoms. The van der Waals surface area contributed by atoms with Crippen molar-refractivity contribution in [2.75, 3.05) is 0 Å². The maximum atomic E-state index is 13.0. The quantitative estimate of drug-likeness (QED) is 0.789. The Hall–Kier alpha value is -0.260. The summed E-state index contributed by atoms with van der Waals surface area (Å²) in [5.41, 5.74) is 0. The van der Waals surface area contributed by atoms with Crippen molar-refractivity contribution in [2.24, 2.45) is 0 Å². The summed E-state index contributed by atoms with van der Waals surface area (Å²) in [6.07, 6.45) is 0. The Morgan fingerprint density at radius 1 is 1.07 bits per heavy atom. The van der Waals surface area contributed by atoms with E-state index in [2.05, 4.69) is 0 Å². The summed E-state index contributed by atoms with van der Waals surface area (Å²) < 4.78 is 69.9. The topological polar surface area (TPSA) is 109 Å². The van der Waals surface area contributed by atoms with E-state index in [4.69, 9.17) is 20.7 Å². The Morgan fingerprint density at radius 2 is 1.47 bits per heavy atom. The zero-order chi connectivity index (χ0) is 12.0. The fourth-order valence-corrected chi connectivity index (χ4v) is 3.98. The molecule has 1 rings (SSSR count). The Balaban J connectivity index is 3.67. The lowest BCUT2D eigenvalue weighted by Crippen LogP contribution is -1.96. The molecule has 0 atom stereocenters. The van der Waals surface area contributed by atoms with Crippen LogP contribution in [0.4, 0.5) is 4.39 Å². The van der Waals surface area contributed by atoms with E-state index in [1.54, 1.807) is 0 Å². The number of hydrogen-bond acceptors (Lipinski definition) is 5. The Bertz CT molecular complexity index is 546. The second kappa shape index (κ2) is 3.64. The molecule has 0 aromatic carbocycles. The highest BCUT2D eigenvalue weighted by Gasteiger charge is 2.30. The lowest BCUT2D eigenvalue weighted by atomic mass is 10.6. The van der Waals surface area contributed by atoms with Gasteiger partial charge in [-0.1, -0.05) is 11.6 Å². The molecule has 1 aromatic heterocycles. The number of hydrogen-bond donors (Lipinski definition) is 2. The summed E-state index contributed by atoms with van der Waals surface area (Å²) in [5, 5.41) is -1.07. The molecule has 0 amide bonds. The van der Waals surface area contributed by atoms with Crippen molar-refractivity contribution in [3.63, 3.8) is 0 Å². The summed E-state index contributed by atoms with van der Waals surface area (Å²) in [5.74, 6) is -1.61. The minimum atomic E-state index is -4.91. The largest absolute Gasteiger partial charge is 0.307 e. The van der Waals surface area contributed by atoms with E-state index in [9.17, 15) is 21.2 Å². The van der Waals surface area contributed by atoms with E-state index in [1.165, 1.54) is 0 Å². The molecule has 6 nitrogen and oxygen atoms in total. The van der Waals surface area contributed by atoms with Crippen LogP contribution in [0.5, 0.6) is 0 Å². The highest BCUT2D eigenvalue weighted by molar-refractivity contribution is 7.90. The van der Waals surface area contributed by atoms with E-state index in [-0.39, 0.29) is 11.3 Å². The van der Waals surface area contributed by atoms with Crippen molar-refractivity contribution in [1.82, 2.24) is 0 Å². The van der Waals surface area contributed by atoms with Crippen LogP contribution in [0.15, 0.2) is 8.42 Å². The molecule has 0 spiro atoms. The normalized spacial score (nSPS) is 13.1. The first-order valence-electron chi connectivity index (χ1n) is 2.98. The Morgan fingerprint density at radius 3 is 1.67 bits per heavy atom. The molecule has 0 aliphatic rings. The van der Waals surface area contributed by atoms with Gasteiger partial charge in [-0.15, -0.1) is 11.3 Å². The summed E-state index contributed by atoms with van der Waals surface area (Å²) in [4.78, 5) is 0. The molecule has 0 radical (unpaired) electrons. The highest BCUT2D eigenvalue weighted by atomic mass is 35.5. The minimum absolute atomic E-state index is 0.183. The molecule has 0 fully saturated rings. The number of thiophene rings is 1. The molecule has 1 aromatic rings. The third-order valence-electron chi connectivity index (χ3n) is 1.21. The molecule has 1 heterocycles. The second-order valence-electron chi connectivity index (χ2n) is 2.26. The van der Waals surface area contributed by atoms with Crippen molar-refractivity contribution in [1.29, 1.82) is 0 Å². The SMILES string of the molecule is O=S(=O)(O)c1sc(S(=O)(=O)O)c(Cl)c1F. The van der Waals surface area contributed by atoms with Crippen LogP contribution < -0.4 is 0 Å². The van der Waals surface area contributed by atoms with Crippen LogP contribution in [-0.2, 0) is 20.2 Å². The predicted molar refractivity (Wildman–Crippen MR) is 48.9 cm³/mol. The highest BCUT2D eigenvalue weighted by Crippen LogP contribution is 2.37. The Kier molecular flexibility index (Phi) is 3.11. The van der Waals surface area contributed by atoms with Crippen molar-refractivity contribution in [2.45, 2.75) is 8.42 Å². The number of halogens is 2. The third kappa shape index (κ3) is 2.46. The molecular weight excluding hydrogens is 295 g/mol. The molecule has 2 N–H and O–H groups in total. The first-order valence-corrected chi connectivity index (χ1v) is 7.05. The summed E-state index contributed by atoms with van der Waals surface area (Å²) >= 11 is 4.94. The van der Waals surface area contributed by atoms with Gasteiger partial charge in [-0.2, -0.15) is 16.8 Å². The smallest absolute Gasteiger partial charge is 0.281 e. The maximum Gasteiger partial charge on any atom is 0.307 e. The molecule has 0 saturated carbocycles. The van der Waals surface area contributed by atoms with Crippen LogP contribution in [0.2, 0.25) is 5.02 Å². The monoisotopic (exact) mass is 296 g/mol. The first-order chi connectivity index (χ1) is 6.55. The van der Waals surface area contributed by atoms with Gasteiger partial charge in [0.25, 0.3) is 0 Å². The molecule has 0 aliphatic carbocycles. The lowest BCUT2D eigenvalue weighted by Gasteiger charge is -1.89. The second-order valence-corrected chi connectivity index (χ2v) is 6.89. The Labute approximate surface area is 92.8 Å². The molecular formula is C4H2ClFO6S3. The summed E-state index contributed by atoms with van der Waals surface area (Å²) in [7, 11) is -9.74. The van der Waals surface area contributed by atoms with E-state index < -0.39 is 39.5 Å². The van der Waals surface area contributed by atoms with Crippen molar-refractivity contribution < 1.29 is 30.3 Å². The molecule has 0 aliphatic heterocycles. The fraction of sp³-hybridized carbons (Fsp3) is 0. The summed E-state index contributed by atoms with van der Waals surface area (Å²) in [6, 6.07) is 0. The zero-order valence-electron chi connectivity index (χ0n) is 6.51. The van der Waals surface area contributed by atoms with Gasteiger partial charge in [0.05, 0.1) is 0 Å². The standard InChI is InChI=1S/C4H2ClFO6S3/c5-1-2(6)4(15(10,11)12)13-3(1)14(7,8)9/h(H,7,8,9)(H,10,11,12). The van der Waals surface area contributed by atoms with Gasteiger partial charge >= 0.3 is 20.2 Å². The number of rotatable bonds is 2. The van der Waals surface area contributed by atoms with E-state index in [1.807, 2.05) is 0 Å². The maximum absolute atomic E-state index is 13.0. The van der Waals surface area contributed by atoms with E-state index in [0.29, 0.717) is 0 Å². The van der Waals surface area contributed by atoms with Gasteiger partial charge in [0.1, 0.15) is 5.02 Å². The molecule has 0 unspecified atom stereocenters. The van der Waals surface area contributed by atoms with Crippen LogP contribution in [0.25, 0.3) is 0 Å². The average Bonchev–Trinajstić information content (AvgIpc) is 2.26. The lowest BCUT2D eigenvalue weighted by molar-refractivity contribution is 0.476. The molecule has 0 saturated heterocycles. The van der Waals surface area contributed by atoms with Crippen LogP contribution >= 0.6 is 22.9 Å². The fourth-order valence-electron chi connectivity index (χ4n) is 0.685. The average molecular weight is 297 g/mol. The van der Waals surface area contributed by atoms with Crippen LogP contribution in [0, 0.1) is 5.82 Å². The van der Waals surface area contributed by atoms with Crippen LogP contribution in [-0.4, -0.2) is 25.9 Å². The zero-order valence-corrected chi connectivity index (χ0v) is 9.71. The van der Waals surface area contributed by atoms with Crippen molar-refractivity contribution in [3.8, 4) is 0 Å². The summed E-state index contributed by atoms with van der Waals surface area (Å²) in [6.45, 7) is 0. The van der Waals surface area contributed by atoms with Gasteiger partial charge in [-0.3, -0.25) is 9.11 Å². The van der Waals surface area contributed by atoms with Gasteiger partial charge in [-0.25, -0.2) is 4.39 Å². The first kappa shape index (κ1) is 12.8. The van der Waals surface area contributed by atoms with Gasteiger partial charge in [0.2, 0.25) is 0 Å². The van der Waals surface area contributed by atoms with Crippen LogP contribution in [0.3, 0.4) is 0 Å². The van der Waals surface area contributed by atoms with Crippen molar-refractivity contribution in [3.05, 3.63) is 10.8 Å². The third-order valence-corrected chi connectivity index (χ3v) is 5.62. The van der Waals surface area contributed by atoms with Gasteiger partial charge in [0, 0.05) is 0 Å².